The van der Waals surface area contributed by atoms with Crippen molar-refractivity contribution in [1.29, 1.82) is 0 Å². The van der Waals surface area contributed by atoms with Crippen LogP contribution in [0.1, 0.15) is 19.8 Å². The first-order valence-electron chi connectivity index (χ1n) is 2.77. The minimum atomic E-state index is 0.412. The molecule has 2 atom stereocenters. The van der Waals surface area contributed by atoms with Gasteiger partial charge in [0.15, 0.2) is 0 Å². The summed E-state index contributed by atoms with van der Waals surface area (Å²) in [4.78, 5) is 0. The van der Waals surface area contributed by atoms with Crippen molar-refractivity contribution in [3.05, 3.63) is 0 Å². The van der Waals surface area contributed by atoms with Crippen molar-refractivity contribution in [1.82, 2.24) is 0 Å². The van der Waals surface area contributed by atoms with Gasteiger partial charge in [0.25, 0.3) is 0 Å². The summed E-state index contributed by atoms with van der Waals surface area (Å²) in [5.74, 6) is 0. The third-order valence-corrected chi connectivity index (χ3v) is 1.57. The molecule has 44 valence electrons. The molecule has 2 N–H and O–H groups in total. The van der Waals surface area contributed by atoms with Crippen LogP contribution in [0.4, 0.5) is 0 Å². The van der Waals surface area contributed by atoms with Gasteiger partial charge in [-0.3, -0.25) is 0 Å². The van der Waals surface area contributed by atoms with Gasteiger partial charge in [-0.25, -0.2) is 0 Å². The number of hydrogen-bond donors (Lipinski definition) is 1. The largest absolute Gasteiger partial charge is 0.327 e. The molecular weight excluding hydrogens is 105 g/mol. The average molecular weight is 119 g/mol. The Morgan fingerprint density at radius 3 is 2.43 bits per heavy atom. The molecule has 1 nitrogen and oxygen atoms in total. The highest BCUT2D eigenvalue weighted by atomic mass is 31.0. The van der Waals surface area contributed by atoms with Crippen LogP contribution in [0, 0.1) is 0 Å². The van der Waals surface area contributed by atoms with Gasteiger partial charge in [0.2, 0.25) is 0 Å². The SMILES string of the molecule is CCCC(N)CP. The fourth-order valence-electron chi connectivity index (χ4n) is 0.489. The second-order valence-electron chi connectivity index (χ2n) is 1.78. The fourth-order valence-corrected chi connectivity index (χ4v) is 0.724. The van der Waals surface area contributed by atoms with Gasteiger partial charge in [-0.15, -0.1) is 9.24 Å². The normalized spacial score (nSPS) is 14.1. The third-order valence-electron chi connectivity index (χ3n) is 0.962. The molecule has 0 fully saturated rings. The monoisotopic (exact) mass is 119 g/mol. The van der Waals surface area contributed by atoms with Crippen LogP contribution < -0.4 is 5.73 Å². The second-order valence-corrected chi connectivity index (χ2v) is 2.26. The average Bonchev–Trinajstić information content (AvgIpc) is 1.68. The minimum absolute atomic E-state index is 0.412. The van der Waals surface area contributed by atoms with E-state index in [1.807, 2.05) is 0 Å². The Balaban J connectivity index is 2.83. The van der Waals surface area contributed by atoms with E-state index in [2.05, 4.69) is 16.2 Å². The van der Waals surface area contributed by atoms with E-state index in [0.717, 1.165) is 12.6 Å². The molecule has 0 amide bonds. The summed E-state index contributed by atoms with van der Waals surface area (Å²) in [5.41, 5.74) is 5.56. The number of rotatable bonds is 3. The van der Waals surface area contributed by atoms with Gasteiger partial charge in [-0.1, -0.05) is 13.3 Å². The maximum absolute atomic E-state index is 5.56. The Morgan fingerprint density at radius 2 is 2.29 bits per heavy atom. The lowest BCUT2D eigenvalue weighted by Crippen LogP contribution is -2.20. The van der Waals surface area contributed by atoms with Crippen LogP contribution in [0.25, 0.3) is 0 Å². The van der Waals surface area contributed by atoms with Gasteiger partial charge in [0.1, 0.15) is 0 Å². The van der Waals surface area contributed by atoms with E-state index in [1.165, 1.54) is 6.42 Å². The summed E-state index contributed by atoms with van der Waals surface area (Å²) in [6, 6.07) is 0.412. The van der Waals surface area contributed by atoms with Crippen molar-refractivity contribution in [3.63, 3.8) is 0 Å². The molecular formula is C5H14NP. The van der Waals surface area contributed by atoms with E-state index in [0.29, 0.717) is 6.04 Å². The van der Waals surface area contributed by atoms with E-state index in [-0.39, 0.29) is 0 Å². The lowest BCUT2D eigenvalue weighted by molar-refractivity contribution is 0.661. The molecule has 2 unspecified atom stereocenters. The molecule has 0 aromatic heterocycles. The molecule has 0 aliphatic carbocycles. The zero-order valence-corrected chi connectivity index (χ0v) is 6.01. The van der Waals surface area contributed by atoms with Crippen LogP contribution in [0.15, 0.2) is 0 Å². The fraction of sp³-hybridized carbons (Fsp3) is 1.00. The highest BCUT2D eigenvalue weighted by molar-refractivity contribution is 7.16. The van der Waals surface area contributed by atoms with E-state index in [1.54, 1.807) is 0 Å². The molecule has 0 aromatic carbocycles. The quantitative estimate of drug-likeness (QED) is 0.551. The molecule has 0 aliphatic rings. The zero-order valence-electron chi connectivity index (χ0n) is 4.85. The maximum Gasteiger partial charge on any atom is 0.00733 e. The molecule has 0 rings (SSSR count). The van der Waals surface area contributed by atoms with Gasteiger partial charge < -0.3 is 5.73 Å². The Hall–Kier alpha value is 0.390. The van der Waals surface area contributed by atoms with E-state index >= 15 is 0 Å². The molecule has 0 aromatic rings. The van der Waals surface area contributed by atoms with Crippen LogP contribution in [0.5, 0.6) is 0 Å². The Labute approximate surface area is 47.9 Å². The van der Waals surface area contributed by atoms with Crippen LogP contribution in [0.3, 0.4) is 0 Å². The highest BCUT2D eigenvalue weighted by Crippen LogP contribution is 1.95. The Kier molecular flexibility index (Phi) is 4.80. The van der Waals surface area contributed by atoms with Crippen molar-refractivity contribution < 1.29 is 0 Å². The lowest BCUT2D eigenvalue weighted by atomic mass is 10.2. The lowest BCUT2D eigenvalue weighted by Gasteiger charge is -2.03. The molecule has 0 heterocycles. The molecule has 0 saturated carbocycles. The Morgan fingerprint density at radius 1 is 1.71 bits per heavy atom. The summed E-state index contributed by atoms with van der Waals surface area (Å²) < 4.78 is 0. The summed E-state index contributed by atoms with van der Waals surface area (Å²) >= 11 is 0. The summed E-state index contributed by atoms with van der Waals surface area (Å²) in [6.45, 7) is 2.15. The number of nitrogens with two attached hydrogens (primary N) is 1. The van der Waals surface area contributed by atoms with Crippen molar-refractivity contribution in [2.75, 3.05) is 6.16 Å². The smallest absolute Gasteiger partial charge is 0.00733 e. The van der Waals surface area contributed by atoms with Crippen LogP contribution >= 0.6 is 9.24 Å². The van der Waals surface area contributed by atoms with Crippen molar-refractivity contribution >= 4 is 9.24 Å². The van der Waals surface area contributed by atoms with Gasteiger partial charge in [-0.05, 0) is 12.6 Å². The summed E-state index contributed by atoms with van der Waals surface area (Å²) in [7, 11) is 2.64. The minimum Gasteiger partial charge on any atom is -0.327 e. The first kappa shape index (κ1) is 7.39. The predicted octanol–water partition coefficient (Wildman–Crippen LogP) is 0.989. The zero-order chi connectivity index (χ0) is 5.70. The maximum atomic E-state index is 5.56. The molecule has 0 spiro atoms. The summed E-state index contributed by atoms with van der Waals surface area (Å²) in [5, 5.41) is 0. The molecule has 2 heteroatoms. The van der Waals surface area contributed by atoms with E-state index in [4.69, 9.17) is 5.73 Å². The molecule has 0 aliphatic heterocycles. The number of hydrogen-bond acceptors (Lipinski definition) is 1. The van der Waals surface area contributed by atoms with Crippen molar-refractivity contribution in [2.24, 2.45) is 5.73 Å². The third kappa shape index (κ3) is 4.24. The van der Waals surface area contributed by atoms with Crippen molar-refractivity contribution in [2.45, 2.75) is 25.8 Å². The predicted molar refractivity (Wildman–Crippen MR) is 37.5 cm³/mol. The first-order chi connectivity index (χ1) is 3.31. The molecule has 0 radical (unpaired) electrons. The molecule has 0 saturated heterocycles. The second kappa shape index (κ2) is 4.55. The molecule has 0 bridgehead atoms. The van der Waals surface area contributed by atoms with Crippen LogP contribution in [-0.4, -0.2) is 12.2 Å². The van der Waals surface area contributed by atoms with Crippen LogP contribution in [0.2, 0.25) is 0 Å². The van der Waals surface area contributed by atoms with Gasteiger partial charge in [0, 0.05) is 6.04 Å². The topological polar surface area (TPSA) is 26.0 Å². The van der Waals surface area contributed by atoms with Gasteiger partial charge >= 0.3 is 0 Å². The summed E-state index contributed by atoms with van der Waals surface area (Å²) in [6.07, 6.45) is 3.40. The van der Waals surface area contributed by atoms with Crippen molar-refractivity contribution in [3.8, 4) is 0 Å². The van der Waals surface area contributed by atoms with Crippen LogP contribution in [-0.2, 0) is 0 Å². The standard InChI is InChI=1S/C5H14NP/c1-2-3-5(6)4-7/h5H,2-4,6-7H2,1H3. The van der Waals surface area contributed by atoms with Gasteiger partial charge in [0.05, 0.1) is 0 Å². The van der Waals surface area contributed by atoms with E-state index < -0.39 is 0 Å². The van der Waals surface area contributed by atoms with Gasteiger partial charge in [-0.2, -0.15) is 0 Å². The Bertz CT molecular complexity index is 39.1. The molecule has 7 heavy (non-hydrogen) atoms. The highest BCUT2D eigenvalue weighted by Gasteiger charge is 1.92. The first-order valence-corrected chi connectivity index (χ1v) is 3.58. The van der Waals surface area contributed by atoms with E-state index in [9.17, 15) is 0 Å².